The topological polar surface area (TPSA) is 135 Å². The summed E-state index contributed by atoms with van der Waals surface area (Å²) in [7, 11) is 0. The minimum absolute atomic E-state index is 0.417. The molecule has 0 aromatic heterocycles. The first kappa shape index (κ1) is 19.5. The molecule has 3 rings (SSSR count). The molecule has 2 aromatic carbocycles. The molecule has 24 heavy (non-hydrogen) atoms. The number of nitrogens with two attached hydrogens (primary N) is 4. The van der Waals surface area contributed by atoms with Crippen molar-refractivity contribution in [1.82, 2.24) is 5.48 Å². The first-order valence-electron chi connectivity index (χ1n) is 7.16. The average molecular weight is 329 g/mol. The van der Waals surface area contributed by atoms with Crippen LogP contribution in [-0.4, -0.2) is 6.61 Å². The molecule has 9 N–H and O–H groups in total. The summed E-state index contributed by atoms with van der Waals surface area (Å²) in [5.41, 5.74) is 7.01. The highest BCUT2D eigenvalue weighted by Gasteiger charge is 2.12. The zero-order valence-corrected chi connectivity index (χ0v) is 13.3. The SMILES string of the molecule is C(=C1COONC1=Cc1ccccc1)c1ccccc1.NN.NN. The molecule has 0 spiro atoms. The quantitative estimate of drug-likeness (QED) is 0.317. The summed E-state index contributed by atoms with van der Waals surface area (Å²) >= 11 is 0. The molecule has 0 aliphatic carbocycles. The van der Waals surface area contributed by atoms with Gasteiger partial charge in [-0.3, -0.25) is 23.4 Å². The van der Waals surface area contributed by atoms with Crippen LogP contribution >= 0.6 is 0 Å². The van der Waals surface area contributed by atoms with Gasteiger partial charge in [-0.05, 0) is 23.3 Å². The van der Waals surface area contributed by atoms with Crippen LogP contribution in [0, 0.1) is 0 Å². The Bertz CT molecular complexity index is 572. The zero-order chi connectivity index (χ0) is 17.6. The molecule has 0 unspecified atom stereocenters. The Morgan fingerprint density at radius 3 is 1.79 bits per heavy atom. The number of rotatable bonds is 2. The van der Waals surface area contributed by atoms with Gasteiger partial charge in [-0.15, -0.1) is 4.99 Å². The molecule has 0 radical (unpaired) electrons. The van der Waals surface area contributed by atoms with Gasteiger partial charge in [0.05, 0.1) is 5.70 Å². The van der Waals surface area contributed by atoms with Crippen molar-refractivity contribution in [2.75, 3.05) is 6.61 Å². The van der Waals surface area contributed by atoms with Crippen LogP contribution in [0.2, 0.25) is 0 Å². The Balaban J connectivity index is 0.000000671. The minimum atomic E-state index is 0.417. The second kappa shape index (κ2) is 12.0. The fourth-order valence-electron chi connectivity index (χ4n) is 2.02. The molecule has 0 saturated carbocycles. The molecule has 1 saturated heterocycles. The third-order valence-corrected chi connectivity index (χ3v) is 3.02. The summed E-state index contributed by atoms with van der Waals surface area (Å²) in [5, 5.41) is 0. The van der Waals surface area contributed by atoms with Gasteiger partial charge in [0.25, 0.3) is 0 Å². The Hall–Kier alpha value is -2.52. The van der Waals surface area contributed by atoms with Crippen molar-refractivity contribution in [2.45, 2.75) is 0 Å². The Morgan fingerprint density at radius 2 is 1.25 bits per heavy atom. The van der Waals surface area contributed by atoms with E-state index in [9.17, 15) is 0 Å². The summed E-state index contributed by atoms with van der Waals surface area (Å²) in [4.78, 5) is 9.87. The maximum atomic E-state index is 5.00. The summed E-state index contributed by atoms with van der Waals surface area (Å²) in [5.74, 6) is 16.0. The van der Waals surface area contributed by atoms with Gasteiger partial charge >= 0.3 is 0 Å². The van der Waals surface area contributed by atoms with Crippen LogP contribution in [0.3, 0.4) is 0 Å². The largest absolute Gasteiger partial charge is 0.274 e. The van der Waals surface area contributed by atoms with E-state index in [2.05, 4.69) is 47.1 Å². The van der Waals surface area contributed by atoms with E-state index in [1.807, 2.05) is 54.6 Å². The summed E-state index contributed by atoms with van der Waals surface area (Å²) < 4.78 is 0. The molecule has 7 nitrogen and oxygen atoms in total. The highest BCUT2D eigenvalue weighted by atomic mass is 17.3. The van der Waals surface area contributed by atoms with E-state index in [4.69, 9.17) is 9.88 Å². The Kier molecular flexibility index (Phi) is 9.74. The van der Waals surface area contributed by atoms with Crippen molar-refractivity contribution in [3.8, 4) is 0 Å². The van der Waals surface area contributed by atoms with Gasteiger partial charge in [0, 0.05) is 5.57 Å². The van der Waals surface area contributed by atoms with Crippen molar-refractivity contribution in [3.63, 3.8) is 0 Å². The molecule has 2 aromatic rings. The molecule has 0 bridgehead atoms. The maximum absolute atomic E-state index is 5.00. The number of nitrogens with one attached hydrogen (secondary N) is 1. The van der Waals surface area contributed by atoms with Gasteiger partial charge in [-0.25, -0.2) is 10.4 Å². The van der Waals surface area contributed by atoms with Crippen LogP contribution in [0.15, 0.2) is 71.9 Å². The number of hydrogen-bond acceptors (Lipinski definition) is 7. The number of hydrazine groups is 2. The van der Waals surface area contributed by atoms with Gasteiger partial charge in [0.15, 0.2) is 0 Å². The predicted molar refractivity (Wildman–Crippen MR) is 95.8 cm³/mol. The van der Waals surface area contributed by atoms with Crippen molar-refractivity contribution in [3.05, 3.63) is 83.1 Å². The monoisotopic (exact) mass is 329 g/mol. The van der Waals surface area contributed by atoms with Crippen molar-refractivity contribution >= 4 is 12.2 Å². The smallest absolute Gasteiger partial charge is 0.112 e. The van der Waals surface area contributed by atoms with Crippen LogP contribution in [0.25, 0.3) is 12.2 Å². The number of hydrogen-bond donors (Lipinski definition) is 5. The fourth-order valence-corrected chi connectivity index (χ4v) is 2.02. The molecule has 1 heterocycles. The van der Waals surface area contributed by atoms with E-state index in [1.165, 1.54) is 0 Å². The van der Waals surface area contributed by atoms with Crippen molar-refractivity contribution in [2.24, 2.45) is 23.4 Å². The summed E-state index contributed by atoms with van der Waals surface area (Å²) in [6.45, 7) is 0.417. The highest BCUT2D eigenvalue weighted by Crippen LogP contribution is 2.19. The molecular formula is C17H23N5O2. The molecule has 0 atom stereocenters. The van der Waals surface area contributed by atoms with Crippen molar-refractivity contribution < 1.29 is 9.88 Å². The second-order valence-corrected chi connectivity index (χ2v) is 4.50. The lowest BCUT2D eigenvalue weighted by molar-refractivity contribution is -0.333. The zero-order valence-electron chi connectivity index (χ0n) is 13.3. The van der Waals surface area contributed by atoms with Crippen LogP contribution in [-0.2, 0) is 9.88 Å². The van der Waals surface area contributed by atoms with Crippen molar-refractivity contribution in [1.29, 1.82) is 0 Å². The fraction of sp³-hybridized carbons (Fsp3) is 0.0588. The van der Waals surface area contributed by atoms with Crippen LogP contribution in [0.5, 0.6) is 0 Å². The summed E-state index contributed by atoms with van der Waals surface area (Å²) in [6, 6.07) is 20.2. The second-order valence-electron chi connectivity index (χ2n) is 4.50. The van der Waals surface area contributed by atoms with Gasteiger partial charge < -0.3 is 0 Å². The lowest BCUT2D eigenvalue weighted by Gasteiger charge is -2.19. The molecule has 128 valence electrons. The lowest BCUT2D eigenvalue weighted by atomic mass is 10.1. The van der Waals surface area contributed by atoms with Crippen LogP contribution in [0.1, 0.15) is 11.1 Å². The average Bonchev–Trinajstić information content (AvgIpc) is 2.68. The van der Waals surface area contributed by atoms with E-state index in [-0.39, 0.29) is 0 Å². The van der Waals surface area contributed by atoms with Gasteiger partial charge in [-0.2, -0.15) is 0 Å². The summed E-state index contributed by atoms with van der Waals surface area (Å²) in [6.07, 6.45) is 4.13. The maximum Gasteiger partial charge on any atom is 0.112 e. The first-order chi connectivity index (χ1) is 11.9. The van der Waals surface area contributed by atoms with E-state index in [0.29, 0.717) is 6.61 Å². The Labute approximate surface area is 141 Å². The third-order valence-electron chi connectivity index (χ3n) is 3.02. The highest BCUT2D eigenvalue weighted by molar-refractivity contribution is 5.65. The molecule has 0 amide bonds. The van der Waals surface area contributed by atoms with Crippen LogP contribution < -0.4 is 28.9 Å². The van der Waals surface area contributed by atoms with Crippen LogP contribution in [0.4, 0.5) is 0 Å². The van der Waals surface area contributed by atoms with E-state index < -0.39 is 0 Å². The van der Waals surface area contributed by atoms with Gasteiger partial charge in [0.1, 0.15) is 6.61 Å². The molecule has 1 aliphatic heterocycles. The molecular weight excluding hydrogens is 306 g/mol. The normalized spacial score (nSPS) is 16.3. The standard InChI is InChI=1S/C17H15NO2.2H4N2/c1-3-7-14(8-4-1)11-16-13-19-20-18-17(16)12-15-9-5-2-6-10-15;2*1-2/h1-12,18H,13H2;2*1-2H2. The molecule has 7 heteroatoms. The number of benzene rings is 2. The van der Waals surface area contributed by atoms with Gasteiger partial charge in [0.2, 0.25) is 0 Å². The molecule has 1 fully saturated rings. The molecule has 1 aliphatic rings. The third kappa shape index (κ3) is 6.31. The van der Waals surface area contributed by atoms with Gasteiger partial charge in [-0.1, -0.05) is 60.7 Å². The predicted octanol–water partition coefficient (Wildman–Crippen LogP) is 1.22. The first-order valence-corrected chi connectivity index (χ1v) is 7.16. The Morgan fingerprint density at radius 1 is 0.750 bits per heavy atom. The minimum Gasteiger partial charge on any atom is -0.274 e. The number of hydroxylamine groups is 1. The van der Waals surface area contributed by atoms with E-state index in [0.717, 1.165) is 22.4 Å². The lowest BCUT2D eigenvalue weighted by Crippen LogP contribution is -2.24. The van der Waals surface area contributed by atoms with E-state index in [1.54, 1.807) is 0 Å². The van der Waals surface area contributed by atoms with E-state index >= 15 is 0 Å².